The summed E-state index contributed by atoms with van der Waals surface area (Å²) in [7, 11) is 0. The van der Waals surface area contributed by atoms with E-state index in [9.17, 15) is 22.8 Å². The Morgan fingerprint density at radius 1 is 1.07 bits per heavy atom. The number of amides is 2. The molecule has 0 bridgehead atoms. The minimum absolute atomic E-state index is 0.269. The number of nitrogens with zero attached hydrogens (tertiary/aromatic N) is 1. The number of hydrogen-bond acceptors (Lipinski definition) is 4. The van der Waals surface area contributed by atoms with E-state index >= 15 is 0 Å². The highest BCUT2D eigenvalue weighted by Gasteiger charge is 2.30. The summed E-state index contributed by atoms with van der Waals surface area (Å²) in [5.41, 5.74) is 5.55. The van der Waals surface area contributed by atoms with Crippen LogP contribution in [0.4, 0.5) is 18.3 Å². The monoisotopic (exact) mass is 405 g/mol. The van der Waals surface area contributed by atoms with Crippen molar-refractivity contribution >= 4 is 28.3 Å². The molecule has 9 heteroatoms. The molecular weight excluding hydrogens is 391 g/mol. The molecule has 1 heterocycles. The molecular formula is C19H14F3N3O2S. The highest BCUT2D eigenvalue weighted by molar-refractivity contribution is 7.15. The molecule has 3 aromatic rings. The lowest BCUT2D eigenvalue weighted by atomic mass is 10.1. The maximum atomic E-state index is 12.8. The smallest absolute Gasteiger partial charge is 0.366 e. The first kappa shape index (κ1) is 19.6. The van der Waals surface area contributed by atoms with Crippen molar-refractivity contribution in [1.29, 1.82) is 0 Å². The number of carbonyl (C=O) groups excluding carboxylic acids is 2. The van der Waals surface area contributed by atoms with Crippen molar-refractivity contribution in [2.45, 2.75) is 12.6 Å². The van der Waals surface area contributed by atoms with Crippen LogP contribution in [0.5, 0.6) is 0 Å². The summed E-state index contributed by atoms with van der Waals surface area (Å²) >= 11 is 1.17. The minimum Gasteiger partial charge on any atom is -0.366 e. The summed E-state index contributed by atoms with van der Waals surface area (Å²) in [6, 6.07) is 10.9. The van der Waals surface area contributed by atoms with Gasteiger partial charge in [0.2, 0.25) is 5.91 Å². The van der Waals surface area contributed by atoms with Crippen LogP contribution in [0.2, 0.25) is 0 Å². The average molecular weight is 405 g/mol. The molecule has 0 saturated heterocycles. The molecule has 0 aliphatic rings. The van der Waals surface area contributed by atoms with E-state index < -0.39 is 23.6 Å². The minimum atomic E-state index is -4.40. The number of nitrogens with one attached hydrogen (secondary N) is 1. The van der Waals surface area contributed by atoms with Gasteiger partial charge in [-0.05, 0) is 35.9 Å². The van der Waals surface area contributed by atoms with Crippen molar-refractivity contribution in [3.63, 3.8) is 0 Å². The summed E-state index contributed by atoms with van der Waals surface area (Å²) in [4.78, 5) is 28.1. The molecule has 0 spiro atoms. The number of carbonyl (C=O) groups is 2. The van der Waals surface area contributed by atoms with Crippen LogP contribution in [-0.2, 0) is 12.6 Å². The summed E-state index contributed by atoms with van der Waals surface area (Å²) in [6.45, 7) is 0. The second-order valence-electron chi connectivity index (χ2n) is 5.90. The largest absolute Gasteiger partial charge is 0.416 e. The number of anilines is 1. The Hall–Kier alpha value is -3.20. The van der Waals surface area contributed by atoms with Crippen LogP contribution < -0.4 is 11.1 Å². The molecule has 5 nitrogen and oxygen atoms in total. The van der Waals surface area contributed by atoms with Crippen molar-refractivity contribution in [2.75, 3.05) is 5.32 Å². The Morgan fingerprint density at radius 3 is 2.39 bits per heavy atom. The highest BCUT2D eigenvalue weighted by Crippen LogP contribution is 2.30. The van der Waals surface area contributed by atoms with E-state index in [2.05, 4.69) is 10.3 Å². The Morgan fingerprint density at radius 2 is 1.75 bits per heavy atom. The van der Waals surface area contributed by atoms with Gasteiger partial charge >= 0.3 is 6.18 Å². The van der Waals surface area contributed by atoms with Gasteiger partial charge in [0, 0.05) is 28.6 Å². The van der Waals surface area contributed by atoms with Gasteiger partial charge in [0.1, 0.15) is 0 Å². The molecule has 3 N–H and O–H groups in total. The first-order valence-electron chi connectivity index (χ1n) is 8.04. The van der Waals surface area contributed by atoms with E-state index in [-0.39, 0.29) is 12.0 Å². The molecule has 0 fully saturated rings. The molecule has 144 valence electrons. The third kappa shape index (κ3) is 4.74. The molecule has 2 amide bonds. The maximum absolute atomic E-state index is 12.8. The van der Waals surface area contributed by atoms with Crippen molar-refractivity contribution in [2.24, 2.45) is 5.73 Å². The van der Waals surface area contributed by atoms with Crippen molar-refractivity contribution in [3.05, 3.63) is 81.9 Å². The standard InChI is InChI=1S/C19H14F3N3O2S/c20-19(21,22)14-3-1-2-11(8-14)9-15-10-24-18(28-15)25-17(27)13-6-4-12(5-7-13)16(23)26/h1-8,10H,9H2,(H2,23,26)(H,24,25,27). The van der Waals surface area contributed by atoms with Gasteiger partial charge in [0.05, 0.1) is 5.56 Å². The lowest BCUT2D eigenvalue weighted by Gasteiger charge is -2.07. The van der Waals surface area contributed by atoms with Crippen LogP contribution in [0, 0.1) is 0 Å². The summed E-state index contributed by atoms with van der Waals surface area (Å²) < 4.78 is 38.4. The zero-order chi connectivity index (χ0) is 20.3. The molecule has 28 heavy (non-hydrogen) atoms. The molecule has 2 aromatic carbocycles. The fourth-order valence-corrected chi connectivity index (χ4v) is 3.30. The number of alkyl halides is 3. The zero-order valence-corrected chi connectivity index (χ0v) is 15.1. The van der Waals surface area contributed by atoms with E-state index in [1.165, 1.54) is 47.9 Å². The zero-order valence-electron chi connectivity index (χ0n) is 14.3. The van der Waals surface area contributed by atoms with Crippen molar-refractivity contribution < 1.29 is 22.8 Å². The fourth-order valence-electron chi connectivity index (χ4n) is 2.46. The molecule has 0 saturated carbocycles. The van der Waals surface area contributed by atoms with Gasteiger partial charge in [0.25, 0.3) is 5.91 Å². The Balaban J connectivity index is 1.67. The Labute approximate surface area is 162 Å². The van der Waals surface area contributed by atoms with Crippen LogP contribution in [0.25, 0.3) is 0 Å². The van der Waals surface area contributed by atoms with Crippen LogP contribution in [0.1, 0.15) is 36.7 Å². The van der Waals surface area contributed by atoms with Crippen LogP contribution in [0.15, 0.2) is 54.7 Å². The second kappa shape index (κ2) is 7.81. The highest BCUT2D eigenvalue weighted by atomic mass is 32.1. The van der Waals surface area contributed by atoms with E-state index in [0.717, 1.165) is 12.1 Å². The number of halogens is 3. The topological polar surface area (TPSA) is 85.1 Å². The van der Waals surface area contributed by atoms with Gasteiger partial charge in [-0.2, -0.15) is 13.2 Å². The SMILES string of the molecule is NC(=O)c1ccc(C(=O)Nc2ncc(Cc3cccc(C(F)(F)F)c3)s2)cc1. The first-order valence-corrected chi connectivity index (χ1v) is 8.86. The van der Waals surface area contributed by atoms with Crippen molar-refractivity contribution in [1.82, 2.24) is 4.98 Å². The lowest BCUT2D eigenvalue weighted by molar-refractivity contribution is -0.137. The summed E-state index contributed by atoms with van der Waals surface area (Å²) in [5, 5.41) is 2.95. The van der Waals surface area contributed by atoms with Crippen molar-refractivity contribution in [3.8, 4) is 0 Å². The van der Waals surface area contributed by atoms with Gasteiger partial charge in [-0.1, -0.05) is 18.2 Å². The maximum Gasteiger partial charge on any atom is 0.416 e. The van der Waals surface area contributed by atoms with Gasteiger partial charge in [-0.15, -0.1) is 11.3 Å². The van der Waals surface area contributed by atoms with Crippen LogP contribution >= 0.6 is 11.3 Å². The molecule has 0 radical (unpaired) electrons. The van der Waals surface area contributed by atoms with E-state index in [4.69, 9.17) is 5.73 Å². The average Bonchev–Trinajstić information content (AvgIpc) is 3.08. The predicted molar refractivity (Wildman–Crippen MR) is 99.3 cm³/mol. The van der Waals surface area contributed by atoms with E-state index in [0.29, 0.717) is 21.1 Å². The first-order chi connectivity index (χ1) is 13.2. The summed E-state index contributed by atoms with van der Waals surface area (Å²) in [6.07, 6.45) is -2.62. The predicted octanol–water partition coefficient (Wildman–Crippen LogP) is 4.10. The number of aromatic nitrogens is 1. The summed E-state index contributed by atoms with van der Waals surface area (Å²) in [5.74, 6) is -1.01. The molecule has 0 aliphatic carbocycles. The Kier molecular flexibility index (Phi) is 5.46. The number of benzene rings is 2. The second-order valence-corrected chi connectivity index (χ2v) is 7.02. The van der Waals surface area contributed by atoms with Gasteiger partial charge in [-0.25, -0.2) is 4.98 Å². The quantitative estimate of drug-likeness (QED) is 0.670. The number of primary amides is 1. The Bertz CT molecular complexity index is 1010. The molecule has 1 aromatic heterocycles. The van der Waals surface area contributed by atoms with Gasteiger partial charge in [-0.3, -0.25) is 14.9 Å². The normalized spacial score (nSPS) is 11.2. The van der Waals surface area contributed by atoms with E-state index in [1.807, 2.05) is 0 Å². The van der Waals surface area contributed by atoms with Gasteiger partial charge in [0.15, 0.2) is 5.13 Å². The number of hydrogen-bond donors (Lipinski definition) is 2. The number of rotatable bonds is 5. The third-order valence-corrected chi connectivity index (χ3v) is 4.75. The number of thiazole rings is 1. The van der Waals surface area contributed by atoms with E-state index in [1.54, 1.807) is 6.07 Å². The number of nitrogens with two attached hydrogens (primary N) is 1. The molecule has 0 aliphatic heterocycles. The molecule has 0 atom stereocenters. The van der Waals surface area contributed by atoms with Crippen LogP contribution in [0.3, 0.4) is 0 Å². The third-order valence-electron chi connectivity index (χ3n) is 3.84. The lowest BCUT2D eigenvalue weighted by Crippen LogP contribution is -2.13. The van der Waals surface area contributed by atoms with Gasteiger partial charge < -0.3 is 5.73 Å². The molecule has 0 unspecified atom stereocenters. The van der Waals surface area contributed by atoms with Crippen LogP contribution in [-0.4, -0.2) is 16.8 Å². The molecule has 3 rings (SSSR count). The fraction of sp³-hybridized carbons (Fsp3) is 0.105.